The second-order valence-electron chi connectivity index (χ2n) is 5.77. The summed E-state index contributed by atoms with van der Waals surface area (Å²) in [7, 11) is 0. The smallest absolute Gasteiger partial charge is 0.256 e. The fourth-order valence-electron chi connectivity index (χ4n) is 2.00. The standard InChI is InChI=1S/C16H23N3O/c1-4-16(2,3)17-12-15(20)19-11-10-14(18-19)13-8-6-5-7-9-13/h5-9,17H,4,10-12H2,1-3H3. The fourth-order valence-corrected chi connectivity index (χ4v) is 2.00. The Labute approximate surface area is 120 Å². The van der Waals surface area contributed by atoms with Crippen molar-refractivity contribution in [2.24, 2.45) is 5.10 Å². The second kappa shape index (κ2) is 6.18. The highest BCUT2D eigenvalue weighted by Crippen LogP contribution is 2.14. The highest BCUT2D eigenvalue weighted by atomic mass is 16.2. The van der Waals surface area contributed by atoms with Gasteiger partial charge in [0.2, 0.25) is 0 Å². The molecule has 0 saturated heterocycles. The summed E-state index contributed by atoms with van der Waals surface area (Å²) in [5.74, 6) is 0.0393. The van der Waals surface area contributed by atoms with Gasteiger partial charge in [-0.15, -0.1) is 0 Å². The molecule has 0 unspecified atom stereocenters. The first kappa shape index (κ1) is 14.7. The Kier molecular flexibility index (Phi) is 4.55. The van der Waals surface area contributed by atoms with Crippen molar-refractivity contribution in [2.45, 2.75) is 39.2 Å². The number of hydrazone groups is 1. The van der Waals surface area contributed by atoms with Crippen molar-refractivity contribution in [3.05, 3.63) is 35.9 Å². The van der Waals surface area contributed by atoms with Crippen LogP contribution in [0.25, 0.3) is 0 Å². The number of carbonyl (C=O) groups is 1. The Bertz CT molecular complexity index is 494. The maximum Gasteiger partial charge on any atom is 0.256 e. The largest absolute Gasteiger partial charge is 0.303 e. The lowest BCUT2D eigenvalue weighted by molar-refractivity contribution is -0.130. The molecule has 1 N–H and O–H groups in total. The van der Waals surface area contributed by atoms with E-state index in [1.807, 2.05) is 30.3 Å². The van der Waals surface area contributed by atoms with Crippen LogP contribution in [0.3, 0.4) is 0 Å². The van der Waals surface area contributed by atoms with E-state index in [9.17, 15) is 4.79 Å². The molecule has 20 heavy (non-hydrogen) atoms. The molecular formula is C16H23N3O. The monoisotopic (exact) mass is 273 g/mol. The van der Waals surface area contributed by atoms with Crippen molar-refractivity contribution in [2.75, 3.05) is 13.1 Å². The van der Waals surface area contributed by atoms with Crippen molar-refractivity contribution in [1.82, 2.24) is 10.3 Å². The minimum atomic E-state index is -0.0125. The third kappa shape index (κ3) is 3.67. The van der Waals surface area contributed by atoms with Gasteiger partial charge in [-0.3, -0.25) is 4.79 Å². The van der Waals surface area contributed by atoms with E-state index in [-0.39, 0.29) is 11.4 Å². The van der Waals surface area contributed by atoms with Crippen LogP contribution >= 0.6 is 0 Å². The van der Waals surface area contributed by atoms with E-state index < -0.39 is 0 Å². The molecule has 0 bridgehead atoms. The lowest BCUT2D eigenvalue weighted by Crippen LogP contribution is -2.44. The summed E-state index contributed by atoms with van der Waals surface area (Å²) < 4.78 is 0. The number of hydrogen-bond donors (Lipinski definition) is 1. The van der Waals surface area contributed by atoms with E-state index in [4.69, 9.17) is 0 Å². The Balaban J connectivity index is 1.95. The SMILES string of the molecule is CCC(C)(C)NCC(=O)N1CCC(c2ccccc2)=N1. The zero-order chi connectivity index (χ0) is 14.6. The summed E-state index contributed by atoms with van der Waals surface area (Å²) in [6.45, 7) is 7.33. The van der Waals surface area contributed by atoms with Crippen LogP contribution in [0, 0.1) is 0 Å². The predicted octanol–water partition coefficient (Wildman–Crippen LogP) is 2.40. The molecule has 1 aliphatic heterocycles. The maximum atomic E-state index is 12.1. The molecule has 1 heterocycles. The Morgan fingerprint density at radius 1 is 1.35 bits per heavy atom. The van der Waals surface area contributed by atoms with E-state index >= 15 is 0 Å². The molecule has 1 amide bonds. The van der Waals surface area contributed by atoms with Gasteiger partial charge in [-0.1, -0.05) is 37.3 Å². The zero-order valence-electron chi connectivity index (χ0n) is 12.5. The molecular weight excluding hydrogens is 250 g/mol. The number of rotatable bonds is 5. The van der Waals surface area contributed by atoms with Gasteiger partial charge in [0.25, 0.3) is 5.91 Å². The first-order chi connectivity index (χ1) is 9.52. The van der Waals surface area contributed by atoms with Crippen LogP contribution in [-0.4, -0.2) is 35.3 Å². The number of nitrogens with one attached hydrogen (secondary N) is 1. The predicted molar refractivity (Wildman–Crippen MR) is 81.7 cm³/mol. The van der Waals surface area contributed by atoms with E-state index in [0.717, 1.165) is 24.1 Å². The maximum absolute atomic E-state index is 12.1. The quantitative estimate of drug-likeness (QED) is 0.895. The third-order valence-corrected chi connectivity index (χ3v) is 3.80. The van der Waals surface area contributed by atoms with Crippen molar-refractivity contribution in [3.63, 3.8) is 0 Å². The van der Waals surface area contributed by atoms with E-state index in [2.05, 4.69) is 31.2 Å². The topological polar surface area (TPSA) is 44.7 Å². The molecule has 2 rings (SSSR count). The summed E-state index contributed by atoms with van der Waals surface area (Å²) in [6.07, 6.45) is 1.81. The van der Waals surface area contributed by atoms with Crippen molar-refractivity contribution < 1.29 is 4.79 Å². The van der Waals surface area contributed by atoms with E-state index in [1.54, 1.807) is 5.01 Å². The summed E-state index contributed by atoms with van der Waals surface area (Å²) in [5, 5.41) is 9.31. The van der Waals surface area contributed by atoms with Crippen LogP contribution in [0.15, 0.2) is 35.4 Å². The van der Waals surface area contributed by atoms with Gasteiger partial charge in [-0.05, 0) is 25.8 Å². The summed E-state index contributed by atoms with van der Waals surface area (Å²) in [4.78, 5) is 12.1. The van der Waals surface area contributed by atoms with Crippen molar-refractivity contribution in [1.29, 1.82) is 0 Å². The molecule has 0 radical (unpaired) electrons. The highest BCUT2D eigenvalue weighted by Gasteiger charge is 2.23. The van der Waals surface area contributed by atoms with Gasteiger partial charge in [-0.25, -0.2) is 5.01 Å². The molecule has 108 valence electrons. The van der Waals surface area contributed by atoms with Crippen LogP contribution in [0.1, 0.15) is 39.2 Å². The van der Waals surface area contributed by atoms with Crippen LogP contribution < -0.4 is 5.32 Å². The van der Waals surface area contributed by atoms with Gasteiger partial charge in [0.15, 0.2) is 0 Å². The average molecular weight is 273 g/mol. The van der Waals surface area contributed by atoms with E-state index in [1.165, 1.54) is 0 Å². The minimum absolute atomic E-state index is 0.0125. The lowest BCUT2D eigenvalue weighted by Gasteiger charge is -2.25. The van der Waals surface area contributed by atoms with Crippen molar-refractivity contribution in [3.8, 4) is 0 Å². The molecule has 0 aliphatic carbocycles. The minimum Gasteiger partial charge on any atom is -0.303 e. The molecule has 0 saturated carbocycles. The highest BCUT2D eigenvalue weighted by molar-refractivity contribution is 6.02. The molecule has 0 aromatic heterocycles. The van der Waals surface area contributed by atoms with Gasteiger partial charge in [0.1, 0.15) is 0 Å². The van der Waals surface area contributed by atoms with Crippen LogP contribution in [0.2, 0.25) is 0 Å². The first-order valence-corrected chi connectivity index (χ1v) is 7.20. The third-order valence-electron chi connectivity index (χ3n) is 3.80. The Morgan fingerprint density at radius 2 is 2.05 bits per heavy atom. The fraction of sp³-hybridized carbons (Fsp3) is 0.500. The summed E-state index contributed by atoms with van der Waals surface area (Å²) >= 11 is 0. The summed E-state index contributed by atoms with van der Waals surface area (Å²) in [6, 6.07) is 10.0. The normalized spacial score (nSPS) is 15.3. The molecule has 1 aliphatic rings. The van der Waals surface area contributed by atoms with Gasteiger partial charge >= 0.3 is 0 Å². The lowest BCUT2D eigenvalue weighted by atomic mass is 10.0. The van der Waals surface area contributed by atoms with Crippen molar-refractivity contribution >= 4 is 11.6 Å². The van der Waals surface area contributed by atoms with Crippen LogP contribution in [0.4, 0.5) is 0 Å². The number of nitrogens with zero attached hydrogens (tertiary/aromatic N) is 2. The molecule has 1 aromatic carbocycles. The molecule has 1 aromatic rings. The number of amides is 1. The second-order valence-corrected chi connectivity index (χ2v) is 5.77. The Hall–Kier alpha value is -1.68. The van der Waals surface area contributed by atoms with Gasteiger partial charge in [-0.2, -0.15) is 5.10 Å². The number of benzene rings is 1. The van der Waals surface area contributed by atoms with Gasteiger partial charge in [0, 0.05) is 12.0 Å². The molecule has 0 spiro atoms. The average Bonchev–Trinajstić information content (AvgIpc) is 2.96. The summed E-state index contributed by atoms with van der Waals surface area (Å²) in [5.41, 5.74) is 2.08. The van der Waals surface area contributed by atoms with E-state index in [0.29, 0.717) is 13.1 Å². The van der Waals surface area contributed by atoms with Crippen LogP contribution in [0.5, 0.6) is 0 Å². The van der Waals surface area contributed by atoms with Gasteiger partial charge in [0.05, 0.1) is 18.8 Å². The molecule has 4 heteroatoms. The number of carbonyl (C=O) groups excluding carboxylic acids is 1. The number of hydrogen-bond acceptors (Lipinski definition) is 3. The Morgan fingerprint density at radius 3 is 2.70 bits per heavy atom. The zero-order valence-corrected chi connectivity index (χ0v) is 12.5. The van der Waals surface area contributed by atoms with Crippen LogP contribution in [-0.2, 0) is 4.79 Å². The molecule has 0 fully saturated rings. The molecule has 0 atom stereocenters. The van der Waals surface area contributed by atoms with Gasteiger partial charge < -0.3 is 5.32 Å². The molecule has 4 nitrogen and oxygen atoms in total. The first-order valence-electron chi connectivity index (χ1n) is 7.20.